The van der Waals surface area contributed by atoms with Crippen LogP contribution in [0.4, 0.5) is 0 Å². The summed E-state index contributed by atoms with van der Waals surface area (Å²) in [5, 5.41) is 3.16. The van der Waals surface area contributed by atoms with E-state index in [-0.39, 0.29) is 24.0 Å². The largest absolute Gasteiger partial charge is 0.491 e. The van der Waals surface area contributed by atoms with Crippen LogP contribution in [0.2, 0.25) is 0 Å². The third kappa shape index (κ3) is 4.97. The van der Waals surface area contributed by atoms with E-state index in [0.29, 0.717) is 18.8 Å². The van der Waals surface area contributed by atoms with Crippen LogP contribution in [0.1, 0.15) is 56.1 Å². The lowest BCUT2D eigenvalue weighted by Crippen LogP contribution is -2.31. The van der Waals surface area contributed by atoms with Gasteiger partial charge >= 0.3 is 0 Å². The Kier molecular flexibility index (Phi) is 6.45. The number of benzene rings is 2. The molecule has 2 aromatic carbocycles. The first-order valence-electron chi connectivity index (χ1n) is 9.91. The van der Waals surface area contributed by atoms with E-state index in [1.54, 1.807) is 12.1 Å². The summed E-state index contributed by atoms with van der Waals surface area (Å²) in [5.74, 6) is 2.37. The molecular weight excluding hydrogens is 354 g/mol. The summed E-state index contributed by atoms with van der Waals surface area (Å²) in [6.45, 7) is 9.43. The highest BCUT2D eigenvalue weighted by Gasteiger charge is 2.21. The zero-order valence-corrected chi connectivity index (χ0v) is 17.0. The summed E-state index contributed by atoms with van der Waals surface area (Å²) < 4.78 is 17.2. The molecule has 28 heavy (non-hydrogen) atoms. The molecule has 1 aliphatic rings. The second kappa shape index (κ2) is 9.00. The van der Waals surface area contributed by atoms with Crippen LogP contribution in [-0.4, -0.2) is 25.2 Å². The minimum atomic E-state index is -0.128. The minimum absolute atomic E-state index is 0.101. The Morgan fingerprint density at radius 2 is 1.64 bits per heavy atom. The highest BCUT2D eigenvalue weighted by atomic mass is 16.5. The Hall–Kier alpha value is -2.69. The van der Waals surface area contributed by atoms with Gasteiger partial charge in [0, 0.05) is 12.0 Å². The molecule has 0 aromatic heterocycles. The van der Waals surface area contributed by atoms with Gasteiger partial charge in [-0.15, -0.1) is 0 Å². The Balaban J connectivity index is 1.76. The molecule has 3 rings (SSSR count). The molecule has 0 spiro atoms. The first kappa shape index (κ1) is 20.1. The summed E-state index contributed by atoms with van der Waals surface area (Å²) in [6.07, 6.45) is 0.967. The molecule has 0 bridgehead atoms. The van der Waals surface area contributed by atoms with Gasteiger partial charge in [-0.3, -0.25) is 4.79 Å². The van der Waals surface area contributed by atoms with Crippen molar-refractivity contribution in [1.29, 1.82) is 0 Å². The molecule has 1 N–H and O–H groups in total. The molecule has 0 radical (unpaired) electrons. The highest BCUT2D eigenvalue weighted by molar-refractivity contribution is 5.94. The third-order valence-electron chi connectivity index (χ3n) is 4.57. The van der Waals surface area contributed by atoms with E-state index in [1.807, 2.05) is 44.2 Å². The second-order valence-electron chi connectivity index (χ2n) is 7.64. The van der Waals surface area contributed by atoms with E-state index in [1.165, 1.54) is 0 Å². The Morgan fingerprint density at radius 1 is 0.964 bits per heavy atom. The van der Waals surface area contributed by atoms with Gasteiger partial charge in [-0.1, -0.05) is 19.9 Å². The normalized spacial score (nSPS) is 14.5. The number of carbonyl (C=O) groups excluding carboxylic acids is 1. The van der Waals surface area contributed by atoms with Gasteiger partial charge in [-0.05, 0) is 61.7 Å². The fraction of sp³-hybridized carbons (Fsp3) is 0.435. The molecule has 0 saturated carbocycles. The minimum Gasteiger partial charge on any atom is -0.491 e. The summed E-state index contributed by atoms with van der Waals surface area (Å²) >= 11 is 0. The summed E-state index contributed by atoms with van der Waals surface area (Å²) in [6, 6.07) is 13.0. The standard InChI is InChI=1S/C23H29NO4/c1-15(2)22(18-8-11-20-21(14-18)27-13-5-12-26-20)24-23(25)17-6-9-19(10-7-17)28-16(3)4/h6-11,14-16,22H,5,12-13H2,1-4H3,(H,24,25). The lowest BCUT2D eigenvalue weighted by Gasteiger charge is -2.24. The monoisotopic (exact) mass is 383 g/mol. The summed E-state index contributed by atoms with van der Waals surface area (Å²) in [4.78, 5) is 12.8. The predicted octanol–water partition coefficient (Wildman–Crippen LogP) is 4.76. The second-order valence-corrected chi connectivity index (χ2v) is 7.64. The number of ether oxygens (including phenoxy) is 3. The van der Waals surface area contributed by atoms with E-state index in [4.69, 9.17) is 14.2 Å². The van der Waals surface area contributed by atoms with Crippen molar-refractivity contribution in [2.75, 3.05) is 13.2 Å². The highest BCUT2D eigenvalue weighted by Crippen LogP contribution is 2.34. The van der Waals surface area contributed by atoms with Crippen molar-refractivity contribution in [3.05, 3.63) is 53.6 Å². The van der Waals surface area contributed by atoms with Crippen molar-refractivity contribution in [2.24, 2.45) is 5.92 Å². The number of hydrogen-bond donors (Lipinski definition) is 1. The Bertz CT molecular complexity index is 799. The van der Waals surface area contributed by atoms with E-state index in [9.17, 15) is 4.79 Å². The van der Waals surface area contributed by atoms with Gasteiger partial charge in [-0.25, -0.2) is 0 Å². The van der Waals surface area contributed by atoms with Gasteiger partial charge in [0.25, 0.3) is 5.91 Å². The van der Waals surface area contributed by atoms with Crippen molar-refractivity contribution >= 4 is 5.91 Å². The Morgan fingerprint density at radius 3 is 2.29 bits per heavy atom. The van der Waals surface area contributed by atoms with Gasteiger partial charge in [0.15, 0.2) is 11.5 Å². The topological polar surface area (TPSA) is 56.8 Å². The van der Waals surface area contributed by atoms with E-state index >= 15 is 0 Å². The summed E-state index contributed by atoms with van der Waals surface area (Å²) in [7, 11) is 0. The van der Waals surface area contributed by atoms with Crippen molar-refractivity contribution < 1.29 is 19.0 Å². The number of rotatable bonds is 6. The average Bonchev–Trinajstić information content (AvgIpc) is 2.90. The van der Waals surface area contributed by atoms with Crippen LogP contribution in [0.25, 0.3) is 0 Å². The van der Waals surface area contributed by atoms with Crippen molar-refractivity contribution in [1.82, 2.24) is 5.32 Å². The van der Waals surface area contributed by atoms with Crippen molar-refractivity contribution in [3.8, 4) is 17.2 Å². The fourth-order valence-electron chi connectivity index (χ4n) is 3.19. The lowest BCUT2D eigenvalue weighted by molar-refractivity contribution is 0.0925. The molecule has 2 aromatic rings. The zero-order chi connectivity index (χ0) is 20.1. The zero-order valence-electron chi connectivity index (χ0n) is 17.0. The molecule has 0 saturated heterocycles. The lowest BCUT2D eigenvalue weighted by atomic mass is 9.95. The van der Waals surface area contributed by atoms with Gasteiger partial charge in [-0.2, -0.15) is 0 Å². The maximum absolute atomic E-state index is 12.8. The van der Waals surface area contributed by atoms with Crippen molar-refractivity contribution in [3.63, 3.8) is 0 Å². The quantitative estimate of drug-likeness (QED) is 0.781. The molecule has 0 fully saturated rings. The predicted molar refractivity (Wildman–Crippen MR) is 109 cm³/mol. The first-order valence-corrected chi connectivity index (χ1v) is 9.91. The van der Waals surface area contributed by atoms with Gasteiger partial charge < -0.3 is 19.5 Å². The van der Waals surface area contributed by atoms with Gasteiger partial charge in [0.05, 0.1) is 25.4 Å². The van der Waals surface area contributed by atoms with E-state index in [2.05, 4.69) is 19.2 Å². The number of fused-ring (bicyclic) bond motifs is 1. The maximum Gasteiger partial charge on any atom is 0.251 e. The molecule has 5 heteroatoms. The van der Waals surface area contributed by atoms with E-state index < -0.39 is 0 Å². The molecule has 1 unspecified atom stereocenters. The average molecular weight is 383 g/mol. The van der Waals surface area contributed by atoms with Crippen LogP contribution >= 0.6 is 0 Å². The fourth-order valence-corrected chi connectivity index (χ4v) is 3.19. The number of amides is 1. The summed E-state index contributed by atoms with van der Waals surface area (Å²) in [5.41, 5.74) is 1.61. The van der Waals surface area contributed by atoms with Crippen LogP contribution in [0.3, 0.4) is 0 Å². The SMILES string of the molecule is CC(C)Oc1ccc(C(=O)NC(c2ccc3c(c2)OCCCO3)C(C)C)cc1. The number of nitrogens with one attached hydrogen (secondary N) is 1. The van der Waals surface area contributed by atoms with Crippen molar-refractivity contribution in [2.45, 2.75) is 46.3 Å². The van der Waals surface area contributed by atoms with E-state index in [0.717, 1.165) is 29.2 Å². The molecular formula is C23H29NO4. The van der Waals surface area contributed by atoms with Crippen LogP contribution in [0.15, 0.2) is 42.5 Å². The maximum atomic E-state index is 12.8. The number of hydrogen-bond acceptors (Lipinski definition) is 4. The smallest absolute Gasteiger partial charge is 0.251 e. The number of carbonyl (C=O) groups is 1. The van der Waals surface area contributed by atoms with Gasteiger partial charge in [0.2, 0.25) is 0 Å². The molecule has 1 aliphatic heterocycles. The van der Waals surface area contributed by atoms with Crippen LogP contribution in [-0.2, 0) is 0 Å². The van der Waals surface area contributed by atoms with Gasteiger partial charge in [0.1, 0.15) is 5.75 Å². The molecule has 1 amide bonds. The first-order chi connectivity index (χ1) is 13.4. The Labute approximate surface area is 167 Å². The molecule has 1 heterocycles. The van der Waals surface area contributed by atoms with Crippen LogP contribution in [0.5, 0.6) is 17.2 Å². The molecule has 0 aliphatic carbocycles. The third-order valence-corrected chi connectivity index (χ3v) is 4.57. The van der Waals surface area contributed by atoms with Crippen LogP contribution in [0, 0.1) is 5.92 Å². The molecule has 1 atom stereocenters. The molecule has 5 nitrogen and oxygen atoms in total. The van der Waals surface area contributed by atoms with Crippen LogP contribution < -0.4 is 19.5 Å². The molecule has 150 valence electrons.